The summed E-state index contributed by atoms with van der Waals surface area (Å²) in [5.74, 6) is 2.84. The Morgan fingerprint density at radius 3 is 2.84 bits per heavy atom. The van der Waals surface area contributed by atoms with Gasteiger partial charge in [-0.15, -0.1) is 23.7 Å². The van der Waals surface area contributed by atoms with Crippen molar-refractivity contribution >= 4 is 23.5 Å². The van der Waals surface area contributed by atoms with E-state index < -0.39 is 6.23 Å². The molecule has 0 bridgehead atoms. The van der Waals surface area contributed by atoms with E-state index in [1.165, 1.54) is 5.70 Å². The molecule has 0 radical (unpaired) electrons. The van der Waals surface area contributed by atoms with E-state index in [1.807, 2.05) is 31.8 Å². The zero-order chi connectivity index (χ0) is 27.4. The highest BCUT2D eigenvalue weighted by atomic mass is 32.1. The van der Waals surface area contributed by atoms with Gasteiger partial charge in [-0.05, 0) is 66.3 Å². The molecule has 2 N–H and O–H groups in total. The number of aromatic nitrogens is 1. The molecule has 4 atom stereocenters. The normalized spacial score (nSPS) is 19.4. The average Bonchev–Trinajstić information content (AvgIpc) is 3.40. The molecule has 0 aliphatic heterocycles. The summed E-state index contributed by atoms with van der Waals surface area (Å²) < 4.78 is 6.57. The second-order valence-electron chi connectivity index (χ2n) is 9.57. The highest BCUT2D eigenvalue weighted by Gasteiger charge is 2.36. The van der Waals surface area contributed by atoms with Gasteiger partial charge in [-0.25, -0.2) is 4.98 Å². The van der Waals surface area contributed by atoms with E-state index in [1.54, 1.807) is 18.4 Å². The predicted molar refractivity (Wildman–Crippen MR) is 157 cm³/mol. The van der Waals surface area contributed by atoms with Gasteiger partial charge < -0.3 is 20.1 Å². The molecule has 2 rings (SSSR count). The first kappa shape index (κ1) is 30.9. The topological polar surface area (TPSA) is 60.9 Å². The minimum atomic E-state index is -0.581. The van der Waals surface area contributed by atoms with Gasteiger partial charge in [-0.1, -0.05) is 31.2 Å². The second kappa shape index (κ2) is 15.1. The van der Waals surface area contributed by atoms with Crippen molar-refractivity contribution in [2.75, 3.05) is 27.2 Å². The molecule has 0 aromatic carbocycles. The van der Waals surface area contributed by atoms with Crippen LogP contribution in [0.25, 0.3) is 12.2 Å². The van der Waals surface area contributed by atoms with Crippen LogP contribution < -0.4 is 15.2 Å². The van der Waals surface area contributed by atoms with Crippen LogP contribution in [0.4, 0.5) is 0 Å². The highest BCUT2D eigenvalue weighted by Crippen LogP contribution is 2.32. The Bertz CT molecular complexity index is 1100. The maximum absolute atomic E-state index is 11.3. The Morgan fingerprint density at radius 2 is 2.22 bits per heavy atom. The molecular formula is C30H46N4O2S. The number of allylic oxidation sites excluding steroid dienone is 3. The average molecular weight is 527 g/mol. The summed E-state index contributed by atoms with van der Waals surface area (Å²) >= 11 is 1.62. The molecule has 0 fully saturated rings. The van der Waals surface area contributed by atoms with E-state index in [4.69, 9.17) is 11.2 Å². The number of nitrogens with one attached hydrogen (secondary N) is 1. The molecule has 6 nitrogen and oxygen atoms in total. The van der Waals surface area contributed by atoms with Gasteiger partial charge in [0.1, 0.15) is 6.23 Å². The summed E-state index contributed by atoms with van der Waals surface area (Å²) in [6, 6.07) is 0. The van der Waals surface area contributed by atoms with Crippen molar-refractivity contribution in [2.24, 2.45) is 5.92 Å². The SMILES string of the molecule is C#CC/C=C(\N(CC)/C(C)=C/C)C(CC)(CCN(C)C(O)C1C=c2scnc2=CC1)N/C=C/C(C)OC. The number of hydrogen-bond acceptors (Lipinski definition) is 7. The van der Waals surface area contributed by atoms with Gasteiger partial charge in [0.25, 0.3) is 0 Å². The number of ether oxygens (including phenoxy) is 1. The molecular weight excluding hydrogens is 480 g/mol. The number of methoxy groups -OCH3 is 1. The van der Waals surface area contributed by atoms with Crippen LogP contribution in [0.3, 0.4) is 0 Å². The minimum absolute atomic E-state index is 0.000960. The molecule has 0 amide bonds. The van der Waals surface area contributed by atoms with Crippen LogP contribution in [0.2, 0.25) is 0 Å². The Hall–Kier alpha value is -2.37. The molecule has 37 heavy (non-hydrogen) atoms. The van der Waals surface area contributed by atoms with Crippen molar-refractivity contribution < 1.29 is 9.84 Å². The summed E-state index contributed by atoms with van der Waals surface area (Å²) in [5, 5.41) is 16.0. The lowest BCUT2D eigenvalue weighted by molar-refractivity contribution is -0.00816. The van der Waals surface area contributed by atoms with Gasteiger partial charge in [0.15, 0.2) is 0 Å². The lowest BCUT2D eigenvalue weighted by Gasteiger charge is -2.43. The van der Waals surface area contributed by atoms with Gasteiger partial charge in [-0.2, -0.15) is 0 Å². The zero-order valence-corrected chi connectivity index (χ0v) is 24.5. The molecule has 1 heterocycles. The standard InChI is InChI=1S/C30H46N4O2S/c1-9-13-14-28(34(12-4)23(5)10-2)30(11-3,32-19-17-24(6)36-8)18-20-33(7)29(35)25-15-16-26-27(21-25)37-22-31-26/h1,10,14,16-17,19,21-22,24-25,29,32,35H,11-13,15,18,20H2,2-8H3/b19-17+,23-10+,28-14-. The number of likely N-dealkylation sites (N-methyl/N-ethyl adjacent to an activating group) is 1. The molecule has 0 saturated heterocycles. The zero-order valence-electron chi connectivity index (χ0n) is 23.7. The van der Waals surface area contributed by atoms with Crippen molar-refractivity contribution in [3.8, 4) is 12.3 Å². The quantitative estimate of drug-likeness (QED) is 0.268. The van der Waals surface area contributed by atoms with Gasteiger partial charge in [-0.3, -0.25) is 4.90 Å². The monoisotopic (exact) mass is 526 g/mol. The fourth-order valence-electron chi connectivity index (χ4n) is 4.73. The lowest BCUT2D eigenvalue weighted by atomic mass is 9.85. The van der Waals surface area contributed by atoms with Gasteiger partial charge in [0.2, 0.25) is 0 Å². The van der Waals surface area contributed by atoms with Crippen LogP contribution in [0, 0.1) is 18.3 Å². The minimum Gasteiger partial charge on any atom is -0.380 e. The third-order valence-corrected chi connectivity index (χ3v) is 8.16. The molecule has 4 unspecified atom stereocenters. The summed E-state index contributed by atoms with van der Waals surface area (Å²) in [5.41, 5.74) is 3.82. The van der Waals surface area contributed by atoms with E-state index in [-0.39, 0.29) is 17.6 Å². The maximum atomic E-state index is 11.3. The second-order valence-corrected chi connectivity index (χ2v) is 10.5. The molecule has 1 aliphatic carbocycles. The van der Waals surface area contributed by atoms with Gasteiger partial charge in [0, 0.05) is 43.9 Å². The van der Waals surface area contributed by atoms with Crippen molar-refractivity contribution in [1.29, 1.82) is 0 Å². The molecule has 7 heteroatoms. The molecule has 204 valence electrons. The first-order valence-corrected chi connectivity index (χ1v) is 14.2. The third kappa shape index (κ3) is 8.05. The predicted octanol–water partition coefficient (Wildman–Crippen LogP) is 3.80. The van der Waals surface area contributed by atoms with Crippen LogP contribution in [-0.2, 0) is 4.74 Å². The van der Waals surface area contributed by atoms with Gasteiger partial charge >= 0.3 is 0 Å². The molecule has 1 aliphatic rings. The Labute approximate surface area is 228 Å². The number of thiazole rings is 1. The number of terminal acetylenes is 1. The maximum Gasteiger partial charge on any atom is 0.113 e. The van der Waals surface area contributed by atoms with Crippen molar-refractivity contribution in [2.45, 2.75) is 78.2 Å². The Morgan fingerprint density at radius 1 is 1.46 bits per heavy atom. The van der Waals surface area contributed by atoms with E-state index in [9.17, 15) is 5.11 Å². The van der Waals surface area contributed by atoms with Crippen molar-refractivity contribution in [3.05, 3.63) is 51.2 Å². The van der Waals surface area contributed by atoms with Crippen molar-refractivity contribution in [1.82, 2.24) is 20.1 Å². The first-order valence-electron chi connectivity index (χ1n) is 13.3. The Kier molecular flexibility index (Phi) is 12.6. The highest BCUT2D eigenvalue weighted by molar-refractivity contribution is 7.07. The van der Waals surface area contributed by atoms with Crippen molar-refractivity contribution in [3.63, 3.8) is 0 Å². The number of aliphatic hydroxyl groups excluding tert-OH is 1. The lowest BCUT2D eigenvalue weighted by Crippen LogP contribution is -2.51. The fraction of sp³-hybridized carbons (Fsp3) is 0.567. The summed E-state index contributed by atoms with van der Waals surface area (Å²) in [6.45, 7) is 12.1. The first-order chi connectivity index (χ1) is 17.8. The fourth-order valence-corrected chi connectivity index (χ4v) is 5.52. The summed E-state index contributed by atoms with van der Waals surface area (Å²) in [6.07, 6.45) is 20.7. The number of nitrogens with zero attached hydrogens (tertiary/aromatic N) is 3. The van der Waals surface area contributed by atoms with Gasteiger partial charge in [0.05, 0.1) is 27.0 Å². The summed E-state index contributed by atoms with van der Waals surface area (Å²) in [4.78, 5) is 8.80. The van der Waals surface area contributed by atoms with E-state index in [0.717, 1.165) is 41.4 Å². The molecule has 0 spiro atoms. The van der Waals surface area contributed by atoms with Crippen LogP contribution in [0.1, 0.15) is 60.3 Å². The van der Waals surface area contributed by atoms with Crippen LogP contribution in [-0.4, -0.2) is 65.0 Å². The summed E-state index contributed by atoms with van der Waals surface area (Å²) in [7, 11) is 3.71. The van der Waals surface area contributed by atoms with Crippen LogP contribution >= 0.6 is 11.3 Å². The third-order valence-electron chi connectivity index (χ3n) is 7.35. The largest absolute Gasteiger partial charge is 0.380 e. The molecule has 0 saturated carbocycles. The number of fused-ring (bicyclic) bond motifs is 1. The molecule has 1 aromatic rings. The van der Waals surface area contributed by atoms with Crippen LogP contribution in [0.15, 0.2) is 41.3 Å². The van der Waals surface area contributed by atoms with E-state index >= 15 is 0 Å². The number of rotatable bonds is 15. The Balaban J connectivity index is 2.37. The van der Waals surface area contributed by atoms with E-state index in [2.05, 4.69) is 78.0 Å². The smallest absolute Gasteiger partial charge is 0.113 e. The van der Waals surface area contributed by atoms with E-state index in [0.29, 0.717) is 13.0 Å². The molecule has 1 aromatic heterocycles. The number of aliphatic hydroxyl groups is 1. The van der Waals surface area contributed by atoms with Crippen LogP contribution in [0.5, 0.6) is 0 Å². The number of hydrogen-bond donors (Lipinski definition) is 2.